The molecule has 2 aromatic carbocycles. The van der Waals surface area contributed by atoms with Gasteiger partial charge in [-0.2, -0.15) is 0 Å². The maximum absolute atomic E-state index is 13.3. The van der Waals surface area contributed by atoms with Crippen molar-refractivity contribution in [1.82, 2.24) is 9.55 Å². The van der Waals surface area contributed by atoms with Gasteiger partial charge in [-0.25, -0.2) is 4.98 Å². The van der Waals surface area contributed by atoms with Gasteiger partial charge in [0.15, 0.2) is 0 Å². The first-order valence-electron chi connectivity index (χ1n) is 12.1. The minimum Gasteiger partial charge on any atom is -0.495 e. The molecular formula is C28H33N3O3. The number of hydrogen-bond acceptors (Lipinski definition) is 5. The highest BCUT2D eigenvalue weighted by atomic mass is 16.5. The fourth-order valence-corrected chi connectivity index (χ4v) is 4.09. The number of rotatable bonds is 10. The number of unbranched alkanes of at least 4 members (excludes halogenated alkanes) is 1. The first-order valence-corrected chi connectivity index (χ1v) is 12.1. The molecule has 178 valence electrons. The van der Waals surface area contributed by atoms with Crippen molar-refractivity contribution in [2.24, 2.45) is 5.92 Å². The zero-order chi connectivity index (χ0) is 23.9. The van der Waals surface area contributed by atoms with Crippen molar-refractivity contribution in [3.8, 4) is 5.69 Å². The molecule has 34 heavy (non-hydrogen) atoms. The van der Waals surface area contributed by atoms with Crippen LogP contribution in [0, 0.1) is 5.92 Å². The number of nitrogens with one attached hydrogen (secondary N) is 1. The van der Waals surface area contributed by atoms with Gasteiger partial charge in [0.2, 0.25) is 0 Å². The molecule has 6 nitrogen and oxygen atoms in total. The number of para-hydroxylation sites is 1. The lowest BCUT2D eigenvalue weighted by atomic mass is 10.0. The third-order valence-corrected chi connectivity index (χ3v) is 5.97. The highest BCUT2D eigenvalue weighted by Gasteiger charge is 2.13. The molecule has 0 saturated heterocycles. The Kier molecular flexibility index (Phi) is 7.80. The molecule has 4 rings (SSSR count). The fourth-order valence-electron chi connectivity index (χ4n) is 4.09. The van der Waals surface area contributed by atoms with Gasteiger partial charge in [-0.15, -0.1) is 0 Å². The molecule has 1 aliphatic rings. The third-order valence-electron chi connectivity index (χ3n) is 5.97. The zero-order valence-corrected chi connectivity index (χ0v) is 19.9. The normalized spacial score (nSPS) is 16.3. The predicted octanol–water partition coefficient (Wildman–Crippen LogP) is 5.00. The molecule has 0 bridgehead atoms. The Morgan fingerprint density at radius 3 is 2.76 bits per heavy atom. The van der Waals surface area contributed by atoms with E-state index in [9.17, 15) is 9.90 Å². The number of allylic oxidation sites excluding steroid dienone is 4. The Bertz CT molecular complexity index is 1230. The second-order valence-corrected chi connectivity index (χ2v) is 8.88. The second-order valence-electron chi connectivity index (χ2n) is 8.88. The molecular weight excluding hydrogens is 426 g/mol. The van der Waals surface area contributed by atoms with Crippen LogP contribution in [0.3, 0.4) is 0 Å². The van der Waals surface area contributed by atoms with Crippen molar-refractivity contribution >= 4 is 16.6 Å². The van der Waals surface area contributed by atoms with Crippen LogP contribution in [0.4, 0.5) is 5.69 Å². The number of benzene rings is 2. The standard InChI is InChI=1S/C28H33N3O3/c1-3-4-12-27-30-26-11-6-5-10-25(26)28(33)31(27)22-15-13-21(14-16-22)29-18-23(32)19-34-24-9-7-8-20(2)17-24/h5-11,13-16,20,23,29,32H,3-4,12,17-19H2,1-2H3. The molecule has 0 spiro atoms. The number of hydrogen-bond donors (Lipinski definition) is 2. The predicted molar refractivity (Wildman–Crippen MR) is 137 cm³/mol. The van der Waals surface area contributed by atoms with E-state index in [0.717, 1.165) is 54.2 Å². The molecule has 0 amide bonds. The van der Waals surface area contributed by atoms with Crippen LogP contribution in [0.15, 0.2) is 77.3 Å². The van der Waals surface area contributed by atoms with Crippen LogP contribution in [0.1, 0.15) is 38.9 Å². The van der Waals surface area contributed by atoms with E-state index in [0.29, 0.717) is 17.8 Å². The first kappa shape index (κ1) is 23.8. The number of anilines is 1. The average Bonchev–Trinajstić information content (AvgIpc) is 2.85. The highest BCUT2D eigenvalue weighted by molar-refractivity contribution is 5.77. The van der Waals surface area contributed by atoms with E-state index >= 15 is 0 Å². The molecule has 2 atom stereocenters. The molecule has 0 radical (unpaired) electrons. The Balaban J connectivity index is 1.44. The topological polar surface area (TPSA) is 76.4 Å². The summed E-state index contributed by atoms with van der Waals surface area (Å²) >= 11 is 0. The van der Waals surface area contributed by atoms with Crippen LogP contribution in [-0.4, -0.2) is 33.9 Å². The van der Waals surface area contributed by atoms with Crippen LogP contribution in [0.25, 0.3) is 16.6 Å². The van der Waals surface area contributed by atoms with Gasteiger partial charge in [0, 0.05) is 25.1 Å². The van der Waals surface area contributed by atoms with Crippen LogP contribution in [0.2, 0.25) is 0 Å². The summed E-state index contributed by atoms with van der Waals surface area (Å²) in [6.45, 7) is 4.89. The van der Waals surface area contributed by atoms with Crippen LogP contribution in [-0.2, 0) is 11.2 Å². The van der Waals surface area contributed by atoms with Crippen molar-refractivity contribution in [3.05, 3.63) is 88.7 Å². The van der Waals surface area contributed by atoms with Gasteiger partial charge < -0.3 is 15.2 Å². The number of nitrogens with zero attached hydrogens (tertiary/aromatic N) is 2. The smallest absolute Gasteiger partial charge is 0.265 e. The number of aliphatic hydroxyl groups is 1. The molecule has 6 heteroatoms. The van der Waals surface area contributed by atoms with E-state index in [1.807, 2.05) is 60.7 Å². The summed E-state index contributed by atoms with van der Waals surface area (Å²) in [7, 11) is 0. The fraction of sp³-hybridized carbons (Fsp3) is 0.357. The van der Waals surface area contributed by atoms with E-state index in [4.69, 9.17) is 9.72 Å². The monoisotopic (exact) mass is 459 g/mol. The zero-order valence-electron chi connectivity index (χ0n) is 19.9. The van der Waals surface area contributed by atoms with Crippen molar-refractivity contribution < 1.29 is 9.84 Å². The molecule has 0 fully saturated rings. The van der Waals surface area contributed by atoms with Crippen LogP contribution >= 0.6 is 0 Å². The Morgan fingerprint density at radius 1 is 1.21 bits per heavy atom. The lowest BCUT2D eigenvalue weighted by molar-refractivity contribution is 0.0746. The molecule has 2 unspecified atom stereocenters. The van der Waals surface area contributed by atoms with Gasteiger partial charge in [-0.1, -0.05) is 44.6 Å². The Hall–Kier alpha value is -3.38. The number of aromatic nitrogens is 2. The van der Waals surface area contributed by atoms with Gasteiger partial charge in [0.1, 0.15) is 18.5 Å². The molecule has 1 aliphatic carbocycles. The van der Waals surface area contributed by atoms with Gasteiger partial charge >= 0.3 is 0 Å². The quantitative estimate of drug-likeness (QED) is 0.446. The average molecular weight is 460 g/mol. The van der Waals surface area contributed by atoms with Crippen LogP contribution in [0.5, 0.6) is 0 Å². The van der Waals surface area contributed by atoms with Crippen molar-refractivity contribution in [2.75, 3.05) is 18.5 Å². The molecule has 0 saturated carbocycles. The first-order chi connectivity index (χ1) is 16.5. The summed E-state index contributed by atoms with van der Waals surface area (Å²) in [6.07, 6.45) is 9.08. The summed E-state index contributed by atoms with van der Waals surface area (Å²) in [5.74, 6) is 2.15. The second kappa shape index (κ2) is 11.2. The van der Waals surface area contributed by atoms with Crippen LogP contribution < -0.4 is 10.9 Å². The lowest BCUT2D eigenvalue weighted by Gasteiger charge is -2.19. The number of aryl methyl sites for hydroxylation is 1. The number of aliphatic hydroxyl groups excluding tert-OH is 1. The van der Waals surface area contributed by atoms with Crippen molar-refractivity contribution in [3.63, 3.8) is 0 Å². The largest absolute Gasteiger partial charge is 0.495 e. The van der Waals surface area contributed by atoms with E-state index in [-0.39, 0.29) is 12.2 Å². The van der Waals surface area contributed by atoms with E-state index < -0.39 is 6.10 Å². The highest BCUT2D eigenvalue weighted by Crippen LogP contribution is 2.20. The van der Waals surface area contributed by atoms with Gasteiger partial charge in [-0.3, -0.25) is 9.36 Å². The summed E-state index contributed by atoms with van der Waals surface area (Å²) in [6, 6.07) is 15.2. The molecule has 0 aliphatic heterocycles. The summed E-state index contributed by atoms with van der Waals surface area (Å²) in [4.78, 5) is 18.1. The molecule has 3 aromatic rings. The number of fused-ring (bicyclic) bond motifs is 1. The van der Waals surface area contributed by atoms with Gasteiger partial charge in [-0.05, 0) is 54.8 Å². The van der Waals surface area contributed by atoms with Gasteiger partial charge in [0.25, 0.3) is 5.56 Å². The SMILES string of the molecule is CCCCc1nc2ccccc2c(=O)n1-c1ccc(NCC(O)COC2=CC=CC(C)C2)cc1. The van der Waals surface area contributed by atoms with E-state index in [1.165, 1.54) is 0 Å². The summed E-state index contributed by atoms with van der Waals surface area (Å²) < 4.78 is 7.47. The lowest BCUT2D eigenvalue weighted by Crippen LogP contribution is -2.25. The molecule has 1 heterocycles. The molecule has 2 N–H and O–H groups in total. The third kappa shape index (κ3) is 5.75. The van der Waals surface area contributed by atoms with Crippen molar-refractivity contribution in [2.45, 2.75) is 45.6 Å². The van der Waals surface area contributed by atoms with Crippen molar-refractivity contribution in [1.29, 1.82) is 0 Å². The van der Waals surface area contributed by atoms with Gasteiger partial charge in [0.05, 0.1) is 22.3 Å². The molecule has 1 aromatic heterocycles. The Labute approximate surface area is 200 Å². The minimum atomic E-state index is -0.630. The summed E-state index contributed by atoms with van der Waals surface area (Å²) in [5, 5.41) is 14.2. The Morgan fingerprint density at radius 2 is 2.00 bits per heavy atom. The van der Waals surface area contributed by atoms with E-state index in [1.54, 1.807) is 4.57 Å². The van der Waals surface area contributed by atoms with E-state index in [2.05, 4.69) is 25.2 Å². The summed E-state index contributed by atoms with van der Waals surface area (Å²) in [5.41, 5.74) is 2.34. The number of ether oxygens (including phenoxy) is 1. The maximum Gasteiger partial charge on any atom is 0.265 e. The maximum atomic E-state index is 13.3. The minimum absolute atomic E-state index is 0.0498.